The van der Waals surface area contributed by atoms with E-state index in [-0.39, 0.29) is 0 Å². The van der Waals surface area contributed by atoms with Gasteiger partial charge in [0.05, 0.1) is 0 Å². The van der Waals surface area contributed by atoms with Crippen molar-refractivity contribution >= 4 is 17.4 Å². The Labute approximate surface area is 108 Å². The highest BCUT2D eigenvalue weighted by Gasteiger charge is 2.11. The SMILES string of the molecule is O=Nc1ccccc1Sc1ccccc1C(O)O. The van der Waals surface area contributed by atoms with E-state index in [0.29, 0.717) is 21.0 Å². The Morgan fingerprint density at radius 1 is 0.944 bits per heavy atom. The quantitative estimate of drug-likeness (QED) is 0.655. The van der Waals surface area contributed by atoms with Crippen LogP contribution in [0.4, 0.5) is 5.69 Å². The van der Waals surface area contributed by atoms with Crippen molar-refractivity contribution in [3.63, 3.8) is 0 Å². The lowest BCUT2D eigenvalue weighted by Gasteiger charge is -2.10. The lowest BCUT2D eigenvalue weighted by Crippen LogP contribution is -1.96. The molecule has 18 heavy (non-hydrogen) atoms. The first-order valence-corrected chi connectivity index (χ1v) is 6.09. The summed E-state index contributed by atoms with van der Waals surface area (Å²) < 4.78 is 0. The van der Waals surface area contributed by atoms with Crippen LogP contribution in [0.15, 0.2) is 63.5 Å². The molecule has 0 aliphatic rings. The van der Waals surface area contributed by atoms with Crippen molar-refractivity contribution < 1.29 is 10.2 Å². The van der Waals surface area contributed by atoms with E-state index in [4.69, 9.17) is 0 Å². The van der Waals surface area contributed by atoms with Crippen LogP contribution in [0.3, 0.4) is 0 Å². The fraction of sp³-hybridized carbons (Fsp3) is 0.0769. The monoisotopic (exact) mass is 261 g/mol. The van der Waals surface area contributed by atoms with Crippen molar-refractivity contribution in [2.45, 2.75) is 16.1 Å². The Bertz CT molecular complexity index is 557. The van der Waals surface area contributed by atoms with Crippen LogP contribution in [0, 0.1) is 4.91 Å². The van der Waals surface area contributed by atoms with E-state index in [1.54, 1.807) is 48.5 Å². The minimum absolute atomic E-state index is 0.338. The predicted octanol–water partition coefficient (Wildman–Crippen LogP) is 3.22. The largest absolute Gasteiger partial charge is 0.364 e. The van der Waals surface area contributed by atoms with E-state index < -0.39 is 6.29 Å². The second kappa shape index (κ2) is 5.77. The van der Waals surface area contributed by atoms with Crippen molar-refractivity contribution in [3.05, 3.63) is 59.0 Å². The number of nitrogens with zero attached hydrogens (tertiary/aromatic N) is 1. The molecule has 5 heteroatoms. The van der Waals surface area contributed by atoms with E-state index >= 15 is 0 Å². The van der Waals surface area contributed by atoms with Gasteiger partial charge in [-0.3, -0.25) is 0 Å². The van der Waals surface area contributed by atoms with Crippen LogP contribution in [0.1, 0.15) is 11.9 Å². The molecule has 0 unspecified atom stereocenters. The van der Waals surface area contributed by atoms with Crippen molar-refractivity contribution in [1.82, 2.24) is 0 Å². The Kier molecular flexibility index (Phi) is 4.09. The first kappa shape index (κ1) is 12.8. The molecule has 92 valence electrons. The van der Waals surface area contributed by atoms with Gasteiger partial charge in [-0.15, -0.1) is 4.91 Å². The number of aliphatic hydroxyl groups excluding tert-OH is 1. The molecule has 0 aliphatic carbocycles. The summed E-state index contributed by atoms with van der Waals surface area (Å²) >= 11 is 1.28. The molecule has 2 aromatic rings. The Morgan fingerprint density at radius 2 is 1.56 bits per heavy atom. The average Bonchev–Trinajstić information content (AvgIpc) is 2.40. The van der Waals surface area contributed by atoms with E-state index in [0.717, 1.165) is 0 Å². The van der Waals surface area contributed by atoms with E-state index in [1.165, 1.54) is 11.8 Å². The van der Waals surface area contributed by atoms with Gasteiger partial charge in [-0.25, -0.2) is 0 Å². The van der Waals surface area contributed by atoms with Gasteiger partial charge in [0.1, 0.15) is 5.69 Å². The molecule has 0 saturated heterocycles. The van der Waals surface area contributed by atoms with Gasteiger partial charge in [0.15, 0.2) is 6.29 Å². The molecule has 0 aromatic heterocycles. The summed E-state index contributed by atoms with van der Waals surface area (Å²) in [5.41, 5.74) is 0.743. The second-order valence-electron chi connectivity index (χ2n) is 3.57. The summed E-state index contributed by atoms with van der Waals surface area (Å²) in [7, 11) is 0. The standard InChI is InChI=1S/C13H11NO3S/c15-13(16)9-5-1-3-7-11(9)18-12-8-4-2-6-10(12)14-17/h1-8,13,15-16H. The van der Waals surface area contributed by atoms with Crippen LogP contribution in [0.25, 0.3) is 0 Å². The Balaban J connectivity index is 2.37. The molecular weight excluding hydrogens is 250 g/mol. The molecule has 0 spiro atoms. The molecule has 4 nitrogen and oxygen atoms in total. The molecule has 0 heterocycles. The highest BCUT2D eigenvalue weighted by atomic mass is 32.2. The Morgan fingerprint density at radius 3 is 2.22 bits per heavy atom. The normalized spacial score (nSPS) is 10.6. The average molecular weight is 261 g/mol. The van der Waals surface area contributed by atoms with Crippen LogP contribution >= 0.6 is 11.8 Å². The molecule has 0 fully saturated rings. The summed E-state index contributed by atoms with van der Waals surface area (Å²) in [4.78, 5) is 12.0. The third-order valence-electron chi connectivity index (χ3n) is 2.38. The smallest absolute Gasteiger partial charge is 0.179 e. The molecule has 0 aliphatic heterocycles. The maximum Gasteiger partial charge on any atom is 0.179 e. The molecule has 2 rings (SSSR count). The minimum Gasteiger partial charge on any atom is -0.364 e. The zero-order valence-electron chi connectivity index (χ0n) is 9.35. The molecule has 2 N–H and O–H groups in total. The lowest BCUT2D eigenvalue weighted by atomic mass is 10.2. The third-order valence-corrected chi connectivity index (χ3v) is 3.54. The van der Waals surface area contributed by atoms with Crippen molar-refractivity contribution in [2.24, 2.45) is 5.18 Å². The summed E-state index contributed by atoms with van der Waals surface area (Å²) in [6.07, 6.45) is -1.54. The second-order valence-corrected chi connectivity index (χ2v) is 4.66. The number of hydrogen-bond acceptors (Lipinski definition) is 5. The predicted molar refractivity (Wildman–Crippen MR) is 69.6 cm³/mol. The topological polar surface area (TPSA) is 69.9 Å². The molecule has 0 radical (unpaired) electrons. The lowest BCUT2D eigenvalue weighted by molar-refractivity contribution is -0.0444. The zero-order valence-corrected chi connectivity index (χ0v) is 10.2. The fourth-order valence-corrected chi connectivity index (χ4v) is 2.56. The number of benzene rings is 2. The van der Waals surface area contributed by atoms with E-state index in [9.17, 15) is 15.1 Å². The van der Waals surface area contributed by atoms with Gasteiger partial charge >= 0.3 is 0 Å². The molecular formula is C13H11NO3S. The van der Waals surface area contributed by atoms with Gasteiger partial charge in [0.25, 0.3) is 0 Å². The summed E-state index contributed by atoms with van der Waals surface area (Å²) in [5, 5.41) is 21.5. The number of rotatable bonds is 4. The number of hydrogen-bond donors (Lipinski definition) is 2. The number of nitroso groups, excluding NO2 is 1. The zero-order chi connectivity index (χ0) is 13.0. The van der Waals surface area contributed by atoms with Crippen LogP contribution in [-0.2, 0) is 0 Å². The minimum atomic E-state index is -1.54. The van der Waals surface area contributed by atoms with Crippen LogP contribution in [0.2, 0.25) is 0 Å². The van der Waals surface area contributed by atoms with E-state index in [2.05, 4.69) is 5.18 Å². The van der Waals surface area contributed by atoms with Crippen LogP contribution in [-0.4, -0.2) is 10.2 Å². The van der Waals surface area contributed by atoms with Gasteiger partial charge < -0.3 is 10.2 Å². The fourth-order valence-electron chi connectivity index (χ4n) is 1.52. The van der Waals surface area contributed by atoms with E-state index in [1.807, 2.05) is 0 Å². The molecule has 0 saturated carbocycles. The van der Waals surface area contributed by atoms with Gasteiger partial charge in [0.2, 0.25) is 0 Å². The highest BCUT2D eigenvalue weighted by molar-refractivity contribution is 7.99. The number of aliphatic hydroxyl groups is 2. The first-order chi connectivity index (χ1) is 8.72. The molecule has 0 atom stereocenters. The van der Waals surface area contributed by atoms with Gasteiger partial charge in [0, 0.05) is 15.4 Å². The molecule has 0 bridgehead atoms. The highest BCUT2D eigenvalue weighted by Crippen LogP contribution is 2.37. The van der Waals surface area contributed by atoms with Crippen molar-refractivity contribution in [1.29, 1.82) is 0 Å². The summed E-state index contributed by atoms with van der Waals surface area (Å²) in [6.45, 7) is 0. The molecule has 0 amide bonds. The van der Waals surface area contributed by atoms with Crippen LogP contribution in [0.5, 0.6) is 0 Å². The van der Waals surface area contributed by atoms with Gasteiger partial charge in [-0.2, -0.15) is 0 Å². The molecule has 2 aromatic carbocycles. The maximum absolute atomic E-state index is 10.7. The summed E-state index contributed by atoms with van der Waals surface area (Å²) in [5.74, 6) is 0. The maximum atomic E-state index is 10.7. The van der Waals surface area contributed by atoms with Crippen molar-refractivity contribution in [3.8, 4) is 0 Å². The third kappa shape index (κ3) is 2.76. The van der Waals surface area contributed by atoms with Crippen LogP contribution < -0.4 is 0 Å². The van der Waals surface area contributed by atoms with Gasteiger partial charge in [-0.1, -0.05) is 42.1 Å². The van der Waals surface area contributed by atoms with Crippen molar-refractivity contribution in [2.75, 3.05) is 0 Å². The summed E-state index contributed by atoms with van der Waals surface area (Å²) in [6, 6.07) is 13.8. The first-order valence-electron chi connectivity index (χ1n) is 5.27. The van der Waals surface area contributed by atoms with Gasteiger partial charge in [-0.05, 0) is 23.4 Å². The Hall–Kier alpha value is -1.69.